The predicted octanol–water partition coefficient (Wildman–Crippen LogP) is 16.3. The number of rotatable bonds is 51. The number of allylic oxidation sites excluding steroid dienone is 4. The lowest BCUT2D eigenvalue weighted by Crippen LogP contribution is -2.29. The Balaban J connectivity index is 4.00. The summed E-state index contributed by atoms with van der Waals surface area (Å²) in [5, 5.41) is 0. The molecule has 0 bridgehead atoms. The number of carbonyl (C=O) groups is 2. The van der Waals surface area contributed by atoms with Crippen LogP contribution in [0.15, 0.2) is 24.3 Å². The number of esters is 2. The average molecular weight is 912 g/mol. The van der Waals surface area contributed by atoms with Crippen LogP contribution in [-0.2, 0) is 32.7 Å². The fraction of sp³-hybridized carbons (Fsp3) is 0.887. The Kier molecular flexibility index (Phi) is 48.7. The molecule has 0 aromatic rings. The number of phosphoric acid groups is 1. The number of hydrogen-bond donors (Lipinski definition) is 2. The summed E-state index contributed by atoms with van der Waals surface area (Å²) in [7, 11) is -4.38. The second-order valence-corrected chi connectivity index (χ2v) is 19.5. The molecular weight excluding hydrogens is 810 g/mol. The highest BCUT2D eigenvalue weighted by Crippen LogP contribution is 2.43. The lowest BCUT2D eigenvalue weighted by atomic mass is 10.0. The maximum Gasteiger partial charge on any atom is 0.472 e. The molecule has 0 aromatic carbocycles. The lowest BCUT2D eigenvalue weighted by Gasteiger charge is -2.19. The fourth-order valence-corrected chi connectivity index (χ4v) is 8.57. The molecule has 2 atom stereocenters. The number of nitrogens with two attached hydrogens (primary N) is 1. The van der Waals surface area contributed by atoms with Crippen LogP contribution in [0.3, 0.4) is 0 Å². The van der Waals surface area contributed by atoms with Gasteiger partial charge >= 0.3 is 19.8 Å². The van der Waals surface area contributed by atoms with Crippen molar-refractivity contribution in [3.63, 3.8) is 0 Å². The first-order valence-corrected chi connectivity index (χ1v) is 28.3. The van der Waals surface area contributed by atoms with Gasteiger partial charge in [0.15, 0.2) is 6.10 Å². The summed E-state index contributed by atoms with van der Waals surface area (Å²) in [6.07, 6.45) is 56.4. The van der Waals surface area contributed by atoms with Gasteiger partial charge in [-0.05, 0) is 64.2 Å². The molecule has 372 valence electrons. The quantitative estimate of drug-likeness (QED) is 0.0265. The molecule has 0 fully saturated rings. The maximum absolute atomic E-state index is 12.7. The highest BCUT2D eigenvalue weighted by Gasteiger charge is 2.26. The number of ether oxygens (including phenoxy) is 2. The topological polar surface area (TPSA) is 134 Å². The molecule has 0 amide bonds. The van der Waals surface area contributed by atoms with Gasteiger partial charge in [-0.25, -0.2) is 4.57 Å². The largest absolute Gasteiger partial charge is 0.472 e. The summed E-state index contributed by atoms with van der Waals surface area (Å²) >= 11 is 0. The zero-order valence-electron chi connectivity index (χ0n) is 41.3. The maximum atomic E-state index is 12.7. The van der Waals surface area contributed by atoms with Crippen molar-refractivity contribution in [3.05, 3.63) is 24.3 Å². The molecule has 3 N–H and O–H groups in total. The van der Waals surface area contributed by atoms with Crippen molar-refractivity contribution in [2.24, 2.45) is 5.73 Å². The van der Waals surface area contributed by atoms with Gasteiger partial charge in [0.25, 0.3) is 0 Å². The Morgan fingerprint density at radius 3 is 1.13 bits per heavy atom. The van der Waals surface area contributed by atoms with Crippen molar-refractivity contribution >= 4 is 19.8 Å². The van der Waals surface area contributed by atoms with E-state index in [-0.39, 0.29) is 38.6 Å². The summed E-state index contributed by atoms with van der Waals surface area (Å²) in [5.41, 5.74) is 5.37. The number of unbranched alkanes of at least 4 members (excludes halogenated alkanes) is 34. The van der Waals surface area contributed by atoms with Crippen molar-refractivity contribution in [2.45, 2.75) is 277 Å². The van der Waals surface area contributed by atoms with E-state index in [0.717, 1.165) is 38.5 Å². The van der Waals surface area contributed by atoms with E-state index in [4.69, 9.17) is 24.3 Å². The number of hydrogen-bond acceptors (Lipinski definition) is 8. The summed E-state index contributed by atoms with van der Waals surface area (Å²) in [6.45, 7) is 3.78. The summed E-state index contributed by atoms with van der Waals surface area (Å²) in [4.78, 5) is 35.1. The molecule has 0 saturated carbocycles. The van der Waals surface area contributed by atoms with Crippen LogP contribution in [0.25, 0.3) is 0 Å². The van der Waals surface area contributed by atoms with Crippen LogP contribution in [-0.4, -0.2) is 49.3 Å². The minimum absolute atomic E-state index is 0.0550. The molecule has 63 heavy (non-hydrogen) atoms. The van der Waals surface area contributed by atoms with E-state index in [0.29, 0.717) is 6.42 Å². The molecule has 0 saturated heterocycles. The van der Waals surface area contributed by atoms with Crippen molar-refractivity contribution in [3.8, 4) is 0 Å². The first-order chi connectivity index (χ1) is 30.8. The zero-order valence-corrected chi connectivity index (χ0v) is 42.2. The molecule has 0 rings (SSSR count). The molecule has 1 unspecified atom stereocenters. The Hall–Kier alpha value is -1.51. The van der Waals surface area contributed by atoms with Gasteiger partial charge in [0.05, 0.1) is 13.2 Å². The Bertz CT molecular complexity index is 1090. The molecule has 0 aliphatic heterocycles. The smallest absolute Gasteiger partial charge is 0.462 e. The van der Waals surface area contributed by atoms with Crippen LogP contribution in [0, 0.1) is 0 Å². The van der Waals surface area contributed by atoms with Crippen LogP contribution < -0.4 is 5.73 Å². The highest BCUT2D eigenvalue weighted by molar-refractivity contribution is 7.47. The Morgan fingerprint density at radius 1 is 0.460 bits per heavy atom. The van der Waals surface area contributed by atoms with Crippen LogP contribution in [0.5, 0.6) is 0 Å². The minimum Gasteiger partial charge on any atom is -0.462 e. The van der Waals surface area contributed by atoms with Crippen LogP contribution in [0.4, 0.5) is 0 Å². The van der Waals surface area contributed by atoms with E-state index < -0.39 is 26.5 Å². The molecule has 0 radical (unpaired) electrons. The van der Waals surface area contributed by atoms with E-state index in [1.54, 1.807) is 0 Å². The van der Waals surface area contributed by atoms with Crippen LogP contribution in [0.1, 0.15) is 271 Å². The molecule has 0 aliphatic rings. The van der Waals surface area contributed by atoms with E-state index >= 15 is 0 Å². The van der Waals surface area contributed by atoms with Crippen LogP contribution >= 0.6 is 7.82 Å². The lowest BCUT2D eigenvalue weighted by molar-refractivity contribution is -0.161. The molecule has 0 spiro atoms. The van der Waals surface area contributed by atoms with Crippen molar-refractivity contribution < 1.29 is 37.6 Å². The normalized spacial score (nSPS) is 13.3. The van der Waals surface area contributed by atoms with Gasteiger partial charge in [0, 0.05) is 19.4 Å². The Morgan fingerprint density at radius 2 is 0.778 bits per heavy atom. The van der Waals surface area contributed by atoms with Gasteiger partial charge in [-0.2, -0.15) is 0 Å². The van der Waals surface area contributed by atoms with Gasteiger partial charge in [-0.1, -0.05) is 218 Å². The predicted molar refractivity (Wildman–Crippen MR) is 266 cm³/mol. The van der Waals surface area contributed by atoms with E-state index in [2.05, 4.69) is 38.2 Å². The van der Waals surface area contributed by atoms with Gasteiger partial charge < -0.3 is 20.1 Å². The second-order valence-electron chi connectivity index (χ2n) is 18.1. The minimum atomic E-state index is -4.38. The molecule has 0 aliphatic carbocycles. The van der Waals surface area contributed by atoms with E-state index in [9.17, 15) is 19.0 Å². The molecule has 9 nitrogen and oxygen atoms in total. The van der Waals surface area contributed by atoms with E-state index in [1.165, 1.54) is 199 Å². The summed E-state index contributed by atoms with van der Waals surface area (Å²) in [5.74, 6) is -0.817. The summed E-state index contributed by atoms with van der Waals surface area (Å²) < 4.78 is 33.0. The highest BCUT2D eigenvalue weighted by atomic mass is 31.2. The SMILES string of the molecule is CCCCCCCC/C=C/CCCCCCCCCCCCCC(=O)OC[C@H](COP(=O)(O)OCCN)OC(=O)CCCCCCCCCCCCC/C=C/CCCCCCCC. The Labute approximate surface area is 389 Å². The molecule has 10 heteroatoms. The van der Waals surface area contributed by atoms with E-state index in [1.807, 2.05) is 0 Å². The molecule has 0 heterocycles. The van der Waals surface area contributed by atoms with Crippen LogP contribution in [0.2, 0.25) is 0 Å². The van der Waals surface area contributed by atoms with Gasteiger partial charge in [0.1, 0.15) is 6.61 Å². The first-order valence-electron chi connectivity index (χ1n) is 26.8. The van der Waals surface area contributed by atoms with Crippen molar-refractivity contribution in [2.75, 3.05) is 26.4 Å². The number of phosphoric ester groups is 1. The van der Waals surface area contributed by atoms with Crippen molar-refractivity contribution in [1.82, 2.24) is 0 Å². The molecule has 0 aromatic heterocycles. The monoisotopic (exact) mass is 912 g/mol. The first kappa shape index (κ1) is 61.5. The third-order valence-electron chi connectivity index (χ3n) is 11.8. The third kappa shape index (κ3) is 49.8. The van der Waals surface area contributed by atoms with Gasteiger partial charge in [-0.3, -0.25) is 18.6 Å². The molecular formula is C53H102NO8P. The average Bonchev–Trinajstić information content (AvgIpc) is 3.27. The second kappa shape index (κ2) is 49.9. The number of carbonyl (C=O) groups excluding carboxylic acids is 2. The third-order valence-corrected chi connectivity index (χ3v) is 12.8. The van der Waals surface area contributed by atoms with Crippen molar-refractivity contribution in [1.29, 1.82) is 0 Å². The fourth-order valence-electron chi connectivity index (χ4n) is 7.80. The standard InChI is InChI=1S/C53H102NO8P/c1-3-5-7-9-11-13-15-17-19-21-23-25-27-29-31-33-35-37-39-41-43-45-52(55)59-49-51(50-61-63(57,58)60-48-47-54)62-53(56)46-44-42-40-38-36-34-32-30-28-26-24-22-20-18-16-14-12-10-8-6-4-2/h17-20,51H,3-16,21-50,54H2,1-2H3,(H,57,58)/b19-17+,20-18+/t51-/m1/s1. The van der Waals surface area contributed by atoms with Gasteiger partial charge in [-0.15, -0.1) is 0 Å². The van der Waals surface area contributed by atoms with Gasteiger partial charge in [0.2, 0.25) is 0 Å². The summed E-state index contributed by atoms with van der Waals surface area (Å²) in [6, 6.07) is 0. The zero-order chi connectivity index (χ0) is 46.0.